The summed E-state index contributed by atoms with van der Waals surface area (Å²) >= 11 is 5.84. The molecule has 1 saturated carbocycles. The first-order chi connectivity index (χ1) is 11.0. The van der Waals surface area contributed by atoms with Gasteiger partial charge in [0.05, 0.1) is 6.04 Å². The van der Waals surface area contributed by atoms with Crippen molar-refractivity contribution in [1.82, 2.24) is 20.1 Å². The largest absolute Gasteiger partial charge is 0.352 e. The monoisotopic (exact) mass is 336 g/mol. The third-order valence-corrected chi connectivity index (χ3v) is 4.63. The molecule has 7 heteroatoms. The second kappa shape index (κ2) is 6.84. The quantitative estimate of drug-likeness (QED) is 0.838. The number of pyridine rings is 1. The molecule has 0 aromatic carbocycles. The predicted octanol–water partition coefficient (Wildman–Crippen LogP) is 1.16. The molecule has 2 fully saturated rings. The van der Waals surface area contributed by atoms with Gasteiger partial charge in [-0.2, -0.15) is 0 Å². The van der Waals surface area contributed by atoms with Crippen LogP contribution in [0.3, 0.4) is 0 Å². The summed E-state index contributed by atoms with van der Waals surface area (Å²) in [5.41, 5.74) is 0.554. The van der Waals surface area contributed by atoms with E-state index in [-0.39, 0.29) is 17.9 Å². The zero-order valence-electron chi connectivity index (χ0n) is 13.2. The first kappa shape index (κ1) is 16.2. The lowest BCUT2D eigenvalue weighted by Crippen LogP contribution is -2.55. The van der Waals surface area contributed by atoms with Crippen molar-refractivity contribution in [2.24, 2.45) is 0 Å². The highest BCUT2D eigenvalue weighted by molar-refractivity contribution is 6.29. The topological polar surface area (TPSA) is 65.5 Å². The van der Waals surface area contributed by atoms with Gasteiger partial charge in [-0.1, -0.05) is 11.6 Å². The minimum atomic E-state index is -0.150. The number of amides is 2. The van der Waals surface area contributed by atoms with Crippen LogP contribution < -0.4 is 5.32 Å². The maximum absolute atomic E-state index is 12.5. The van der Waals surface area contributed by atoms with Crippen molar-refractivity contribution in [3.05, 3.63) is 29.0 Å². The Bertz CT molecular complexity index is 597. The second-order valence-electron chi connectivity index (χ2n) is 6.15. The van der Waals surface area contributed by atoms with E-state index in [1.807, 2.05) is 6.92 Å². The fraction of sp³-hybridized carbons (Fsp3) is 0.562. The third-order valence-electron chi connectivity index (χ3n) is 4.43. The number of rotatable bonds is 4. The van der Waals surface area contributed by atoms with E-state index in [1.165, 1.54) is 6.20 Å². The van der Waals surface area contributed by atoms with Crippen LogP contribution >= 0.6 is 11.6 Å². The number of nitrogens with zero attached hydrogens (tertiary/aromatic N) is 3. The van der Waals surface area contributed by atoms with Gasteiger partial charge in [0.2, 0.25) is 5.91 Å². The third kappa shape index (κ3) is 4.00. The standard InChI is InChI=1S/C16H21ClN4O2/c1-11(15(22)19-13-2-3-13)20-6-8-21(9-7-20)16(23)12-4-5-18-14(17)10-12/h4-5,10-11,13H,2-3,6-9H2,1H3,(H,19,22). The molecule has 1 aliphatic heterocycles. The van der Waals surface area contributed by atoms with Gasteiger partial charge in [0, 0.05) is 44.0 Å². The summed E-state index contributed by atoms with van der Waals surface area (Å²) < 4.78 is 0. The molecule has 1 aromatic heterocycles. The number of hydrogen-bond donors (Lipinski definition) is 1. The zero-order chi connectivity index (χ0) is 16.4. The lowest BCUT2D eigenvalue weighted by atomic mass is 10.2. The molecule has 2 aliphatic rings. The van der Waals surface area contributed by atoms with Crippen LogP contribution in [0, 0.1) is 0 Å². The van der Waals surface area contributed by atoms with Gasteiger partial charge in [-0.25, -0.2) is 4.98 Å². The summed E-state index contributed by atoms with van der Waals surface area (Å²) in [6.07, 6.45) is 3.72. The highest BCUT2D eigenvalue weighted by Gasteiger charge is 2.31. The Morgan fingerprint density at radius 2 is 2.00 bits per heavy atom. The second-order valence-corrected chi connectivity index (χ2v) is 6.54. The molecule has 1 atom stereocenters. The summed E-state index contributed by atoms with van der Waals surface area (Å²) in [5.74, 6) is 0.0530. The lowest BCUT2D eigenvalue weighted by molar-refractivity contribution is -0.126. The van der Waals surface area contributed by atoms with E-state index >= 15 is 0 Å². The van der Waals surface area contributed by atoms with Gasteiger partial charge in [-0.15, -0.1) is 0 Å². The molecule has 23 heavy (non-hydrogen) atoms. The van der Waals surface area contributed by atoms with Crippen molar-refractivity contribution in [2.45, 2.75) is 31.8 Å². The molecule has 1 unspecified atom stereocenters. The van der Waals surface area contributed by atoms with E-state index in [1.54, 1.807) is 17.0 Å². The average molecular weight is 337 g/mol. The number of aromatic nitrogens is 1. The lowest BCUT2D eigenvalue weighted by Gasteiger charge is -2.37. The molecule has 0 bridgehead atoms. The fourth-order valence-corrected chi connectivity index (χ4v) is 2.92. The van der Waals surface area contributed by atoms with Crippen molar-refractivity contribution in [3.8, 4) is 0 Å². The summed E-state index contributed by atoms with van der Waals surface area (Å²) in [5, 5.41) is 3.35. The molecular weight excluding hydrogens is 316 g/mol. The summed E-state index contributed by atoms with van der Waals surface area (Å²) in [4.78, 5) is 32.4. The number of nitrogens with one attached hydrogen (secondary N) is 1. The molecule has 1 aliphatic carbocycles. The van der Waals surface area contributed by atoms with E-state index in [0.717, 1.165) is 12.8 Å². The molecule has 2 heterocycles. The fourth-order valence-electron chi connectivity index (χ4n) is 2.75. The van der Waals surface area contributed by atoms with Crippen LogP contribution in [0.15, 0.2) is 18.3 Å². The molecule has 1 saturated heterocycles. The first-order valence-corrected chi connectivity index (χ1v) is 8.37. The first-order valence-electron chi connectivity index (χ1n) is 8.00. The van der Waals surface area contributed by atoms with Crippen LogP contribution in [0.4, 0.5) is 0 Å². The van der Waals surface area contributed by atoms with Gasteiger partial charge >= 0.3 is 0 Å². The molecule has 1 aromatic rings. The van der Waals surface area contributed by atoms with E-state index in [4.69, 9.17) is 11.6 Å². The smallest absolute Gasteiger partial charge is 0.254 e. The van der Waals surface area contributed by atoms with Crippen LogP contribution in [0.2, 0.25) is 5.15 Å². The highest BCUT2D eigenvalue weighted by atomic mass is 35.5. The van der Waals surface area contributed by atoms with Crippen LogP contribution in [-0.2, 0) is 4.79 Å². The van der Waals surface area contributed by atoms with Gasteiger partial charge in [-0.05, 0) is 31.9 Å². The van der Waals surface area contributed by atoms with Crippen molar-refractivity contribution >= 4 is 23.4 Å². The number of carbonyl (C=O) groups excluding carboxylic acids is 2. The van der Waals surface area contributed by atoms with Crippen molar-refractivity contribution in [2.75, 3.05) is 26.2 Å². The van der Waals surface area contributed by atoms with Crippen molar-refractivity contribution in [1.29, 1.82) is 0 Å². The maximum atomic E-state index is 12.5. The van der Waals surface area contributed by atoms with Crippen molar-refractivity contribution < 1.29 is 9.59 Å². The normalized spacial score (nSPS) is 20.2. The molecule has 3 rings (SSSR count). The molecule has 2 amide bonds. The Balaban J connectivity index is 1.53. The zero-order valence-corrected chi connectivity index (χ0v) is 13.9. The molecular formula is C16H21ClN4O2. The van der Waals surface area contributed by atoms with Crippen LogP contribution in [0.25, 0.3) is 0 Å². The Morgan fingerprint density at radius 1 is 1.30 bits per heavy atom. The summed E-state index contributed by atoms with van der Waals surface area (Å²) in [7, 11) is 0. The Hall–Kier alpha value is -1.66. The van der Waals surface area contributed by atoms with Gasteiger partial charge in [0.25, 0.3) is 5.91 Å². The predicted molar refractivity (Wildman–Crippen MR) is 87.4 cm³/mol. The van der Waals surface area contributed by atoms with E-state index in [2.05, 4.69) is 15.2 Å². The average Bonchev–Trinajstić information content (AvgIpc) is 3.37. The van der Waals surface area contributed by atoms with Crippen LogP contribution in [-0.4, -0.2) is 64.9 Å². The number of halogens is 1. The number of hydrogen-bond acceptors (Lipinski definition) is 4. The maximum Gasteiger partial charge on any atom is 0.254 e. The van der Waals surface area contributed by atoms with Gasteiger partial charge in [-0.3, -0.25) is 14.5 Å². The molecule has 0 spiro atoms. The SMILES string of the molecule is CC(C(=O)NC1CC1)N1CCN(C(=O)c2ccnc(Cl)c2)CC1. The Kier molecular flexibility index (Phi) is 4.82. The summed E-state index contributed by atoms with van der Waals surface area (Å²) in [6, 6.07) is 3.49. The van der Waals surface area contributed by atoms with Crippen molar-refractivity contribution in [3.63, 3.8) is 0 Å². The summed E-state index contributed by atoms with van der Waals surface area (Å²) in [6.45, 7) is 4.55. The minimum absolute atomic E-state index is 0.0379. The van der Waals surface area contributed by atoms with E-state index < -0.39 is 0 Å². The molecule has 0 radical (unpaired) electrons. The van der Waals surface area contributed by atoms with E-state index in [0.29, 0.717) is 42.9 Å². The van der Waals surface area contributed by atoms with Gasteiger partial charge in [0.15, 0.2) is 0 Å². The van der Waals surface area contributed by atoms with Crippen LogP contribution in [0.5, 0.6) is 0 Å². The Labute approximate surface area is 140 Å². The molecule has 6 nitrogen and oxygen atoms in total. The molecule has 1 N–H and O–H groups in total. The van der Waals surface area contributed by atoms with Gasteiger partial charge in [0.1, 0.15) is 5.15 Å². The number of piperazine rings is 1. The Morgan fingerprint density at radius 3 is 2.61 bits per heavy atom. The number of carbonyl (C=O) groups is 2. The molecule has 124 valence electrons. The van der Waals surface area contributed by atoms with Gasteiger partial charge < -0.3 is 10.2 Å². The van der Waals surface area contributed by atoms with Crippen LogP contribution in [0.1, 0.15) is 30.1 Å². The van der Waals surface area contributed by atoms with E-state index in [9.17, 15) is 9.59 Å². The minimum Gasteiger partial charge on any atom is -0.352 e. The highest BCUT2D eigenvalue weighted by Crippen LogP contribution is 2.19.